The summed E-state index contributed by atoms with van der Waals surface area (Å²) in [5, 5.41) is 0. The standard InChI is InChI=1S/C18H18F3N/c19-18(20,21)17-8-7-14-10-12-4-1-2-5-13(12)11-16(14)15(17)6-3-9-22/h1-2,4-5,7-8H,3,6,9-11,22H2. The summed E-state index contributed by atoms with van der Waals surface area (Å²) in [6, 6.07) is 10.8. The number of hydrogen-bond acceptors (Lipinski definition) is 1. The molecule has 2 aromatic carbocycles. The first-order valence-electron chi connectivity index (χ1n) is 7.48. The molecular weight excluding hydrogens is 287 g/mol. The van der Waals surface area contributed by atoms with E-state index in [0.717, 1.165) is 16.7 Å². The highest BCUT2D eigenvalue weighted by Crippen LogP contribution is 2.38. The van der Waals surface area contributed by atoms with Crippen LogP contribution in [0.2, 0.25) is 0 Å². The van der Waals surface area contributed by atoms with Crippen molar-refractivity contribution in [3.8, 4) is 0 Å². The predicted molar refractivity (Wildman–Crippen MR) is 80.9 cm³/mol. The van der Waals surface area contributed by atoms with Crippen LogP contribution in [0.1, 0.15) is 39.8 Å². The monoisotopic (exact) mass is 305 g/mol. The zero-order valence-electron chi connectivity index (χ0n) is 12.2. The van der Waals surface area contributed by atoms with Gasteiger partial charge >= 0.3 is 6.18 Å². The van der Waals surface area contributed by atoms with E-state index in [2.05, 4.69) is 6.07 Å². The maximum atomic E-state index is 13.3. The molecule has 2 N–H and O–H groups in total. The number of benzene rings is 2. The quantitative estimate of drug-likeness (QED) is 0.775. The Hall–Kier alpha value is -1.81. The third kappa shape index (κ3) is 2.75. The molecule has 0 heterocycles. The first-order valence-corrected chi connectivity index (χ1v) is 7.48. The lowest BCUT2D eigenvalue weighted by Gasteiger charge is -2.25. The Balaban J connectivity index is 2.10. The molecule has 3 rings (SSSR count). The normalized spacial score (nSPS) is 13.6. The van der Waals surface area contributed by atoms with E-state index in [4.69, 9.17) is 5.73 Å². The number of rotatable bonds is 3. The molecule has 0 radical (unpaired) electrons. The van der Waals surface area contributed by atoms with Crippen LogP contribution in [0.25, 0.3) is 0 Å². The minimum Gasteiger partial charge on any atom is -0.330 e. The molecule has 1 nitrogen and oxygen atoms in total. The summed E-state index contributed by atoms with van der Waals surface area (Å²) in [7, 11) is 0. The zero-order chi connectivity index (χ0) is 15.7. The van der Waals surface area contributed by atoms with Crippen LogP contribution in [-0.2, 0) is 25.4 Å². The van der Waals surface area contributed by atoms with Crippen LogP contribution in [0.3, 0.4) is 0 Å². The first kappa shape index (κ1) is 15.1. The molecule has 116 valence electrons. The fourth-order valence-corrected chi connectivity index (χ4v) is 3.26. The summed E-state index contributed by atoms with van der Waals surface area (Å²) >= 11 is 0. The van der Waals surface area contributed by atoms with Crippen LogP contribution in [0.5, 0.6) is 0 Å². The van der Waals surface area contributed by atoms with E-state index in [9.17, 15) is 13.2 Å². The molecule has 0 amide bonds. The Kier molecular flexibility index (Phi) is 3.96. The average molecular weight is 305 g/mol. The van der Waals surface area contributed by atoms with Crippen LogP contribution in [0, 0.1) is 0 Å². The summed E-state index contributed by atoms with van der Waals surface area (Å²) in [6.07, 6.45) is -2.07. The third-order valence-corrected chi connectivity index (χ3v) is 4.33. The van der Waals surface area contributed by atoms with Gasteiger partial charge in [0.2, 0.25) is 0 Å². The topological polar surface area (TPSA) is 26.0 Å². The first-order chi connectivity index (χ1) is 10.5. The molecule has 2 aromatic rings. The molecule has 0 saturated carbocycles. The average Bonchev–Trinajstić information content (AvgIpc) is 2.49. The second-order valence-electron chi connectivity index (χ2n) is 5.74. The van der Waals surface area contributed by atoms with Gasteiger partial charge in [-0.3, -0.25) is 0 Å². The van der Waals surface area contributed by atoms with E-state index in [1.807, 2.05) is 18.2 Å². The van der Waals surface area contributed by atoms with Crippen LogP contribution >= 0.6 is 0 Å². The van der Waals surface area contributed by atoms with Crippen molar-refractivity contribution in [2.75, 3.05) is 6.54 Å². The summed E-state index contributed by atoms with van der Waals surface area (Å²) in [6.45, 7) is 0.400. The van der Waals surface area contributed by atoms with E-state index in [1.165, 1.54) is 11.6 Å². The van der Waals surface area contributed by atoms with Gasteiger partial charge in [-0.1, -0.05) is 30.3 Å². The number of hydrogen-bond donors (Lipinski definition) is 1. The summed E-state index contributed by atoms with van der Waals surface area (Å²) in [4.78, 5) is 0. The van der Waals surface area contributed by atoms with Gasteiger partial charge in [0.05, 0.1) is 5.56 Å². The largest absolute Gasteiger partial charge is 0.416 e. The number of halogens is 3. The fraction of sp³-hybridized carbons (Fsp3) is 0.333. The van der Waals surface area contributed by atoms with Gasteiger partial charge in [-0.2, -0.15) is 13.2 Å². The van der Waals surface area contributed by atoms with Crippen molar-refractivity contribution in [3.05, 3.63) is 69.8 Å². The van der Waals surface area contributed by atoms with Gasteiger partial charge in [0.15, 0.2) is 0 Å². The van der Waals surface area contributed by atoms with E-state index in [1.54, 1.807) is 6.07 Å². The van der Waals surface area contributed by atoms with Gasteiger partial charge in [0.25, 0.3) is 0 Å². The fourth-order valence-electron chi connectivity index (χ4n) is 3.26. The van der Waals surface area contributed by atoms with Gasteiger partial charge < -0.3 is 5.73 Å². The molecule has 1 aliphatic carbocycles. The zero-order valence-corrected chi connectivity index (χ0v) is 12.2. The van der Waals surface area contributed by atoms with Gasteiger partial charge in [-0.25, -0.2) is 0 Å². The van der Waals surface area contributed by atoms with Crippen LogP contribution in [-0.4, -0.2) is 6.54 Å². The van der Waals surface area contributed by atoms with Crippen molar-refractivity contribution in [2.24, 2.45) is 5.73 Å². The Labute approximate surface area is 128 Å². The third-order valence-electron chi connectivity index (χ3n) is 4.33. The number of fused-ring (bicyclic) bond motifs is 2. The molecule has 0 spiro atoms. The molecule has 22 heavy (non-hydrogen) atoms. The SMILES string of the molecule is NCCCc1c(C(F)(F)F)ccc2c1Cc1ccccc1C2. The van der Waals surface area contributed by atoms with Crippen molar-refractivity contribution >= 4 is 0 Å². The molecule has 0 saturated heterocycles. The van der Waals surface area contributed by atoms with E-state index in [-0.39, 0.29) is 0 Å². The molecule has 0 atom stereocenters. The van der Waals surface area contributed by atoms with Gasteiger partial charge in [0, 0.05) is 0 Å². The molecule has 0 aromatic heterocycles. The summed E-state index contributed by atoms with van der Waals surface area (Å²) < 4.78 is 39.9. The Morgan fingerprint density at radius 2 is 1.59 bits per heavy atom. The lowest BCUT2D eigenvalue weighted by molar-refractivity contribution is -0.138. The Morgan fingerprint density at radius 3 is 2.23 bits per heavy atom. The van der Waals surface area contributed by atoms with Crippen molar-refractivity contribution in [3.63, 3.8) is 0 Å². The van der Waals surface area contributed by atoms with E-state index >= 15 is 0 Å². The maximum Gasteiger partial charge on any atom is 0.416 e. The van der Waals surface area contributed by atoms with Crippen LogP contribution in [0.15, 0.2) is 36.4 Å². The summed E-state index contributed by atoms with van der Waals surface area (Å²) in [5.74, 6) is 0. The molecule has 4 heteroatoms. The lowest BCUT2D eigenvalue weighted by Crippen LogP contribution is -2.17. The molecule has 0 bridgehead atoms. The lowest BCUT2D eigenvalue weighted by atomic mass is 9.81. The highest BCUT2D eigenvalue weighted by atomic mass is 19.4. The Morgan fingerprint density at radius 1 is 0.909 bits per heavy atom. The maximum absolute atomic E-state index is 13.3. The second kappa shape index (κ2) is 5.76. The summed E-state index contributed by atoms with van der Waals surface area (Å²) in [5.41, 5.74) is 9.64. The minimum absolute atomic E-state index is 0.386. The number of nitrogens with two attached hydrogens (primary N) is 1. The molecule has 0 fully saturated rings. The van der Waals surface area contributed by atoms with Gasteiger partial charge in [-0.15, -0.1) is 0 Å². The molecule has 0 unspecified atom stereocenters. The van der Waals surface area contributed by atoms with Crippen molar-refractivity contribution in [2.45, 2.75) is 31.9 Å². The molecule has 1 aliphatic rings. The number of alkyl halides is 3. The smallest absolute Gasteiger partial charge is 0.330 e. The van der Waals surface area contributed by atoms with Crippen molar-refractivity contribution in [1.82, 2.24) is 0 Å². The van der Waals surface area contributed by atoms with Gasteiger partial charge in [0.1, 0.15) is 0 Å². The van der Waals surface area contributed by atoms with Crippen molar-refractivity contribution in [1.29, 1.82) is 0 Å². The highest BCUT2D eigenvalue weighted by Gasteiger charge is 2.35. The molecular formula is C18H18F3N. The van der Waals surface area contributed by atoms with E-state index in [0.29, 0.717) is 37.8 Å². The predicted octanol–water partition coefficient (Wildman–Crippen LogP) is 4.09. The minimum atomic E-state index is -4.31. The highest BCUT2D eigenvalue weighted by molar-refractivity contribution is 5.51. The van der Waals surface area contributed by atoms with Crippen molar-refractivity contribution < 1.29 is 13.2 Å². The van der Waals surface area contributed by atoms with Crippen LogP contribution in [0.4, 0.5) is 13.2 Å². The van der Waals surface area contributed by atoms with E-state index < -0.39 is 11.7 Å². The van der Waals surface area contributed by atoms with Crippen LogP contribution < -0.4 is 5.73 Å². The van der Waals surface area contributed by atoms with Gasteiger partial charge in [-0.05, 0) is 66.1 Å². The Bertz CT molecular complexity index is 689. The second-order valence-corrected chi connectivity index (χ2v) is 5.74. The molecule has 0 aliphatic heterocycles.